The van der Waals surface area contributed by atoms with E-state index in [1.165, 1.54) is 6.07 Å². The number of carbonyl (C=O) groups excluding carboxylic acids is 1. The van der Waals surface area contributed by atoms with Crippen molar-refractivity contribution in [1.29, 1.82) is 0 Å². The fourth-order valence-corrected chi connectivity index (χ4v) is 2.65. The molecule has 1 aliphatic rings. The summed E-state index contributed by atoms with van der Waals surface area (Å²) in [7, 11) is 1.59. The molecule has 1 heterocycles. The minimum absolute atomic E-state index is 0.105. The van der Waals surface area contributed by atoms with Crippen LogP contribution >= 0.6 is 0 Å². The number of rotatable bonds is 3. The van der Waals surface area contributed by atoms with E-state index in [2.05, 4.69) is 5.32 Å². The first-order valence-electron chi connectivity index (χ1n) is 6.55. The van der Waals surface area contributed by atoms with Gasteiger partial charge in [-0.05, 0) is 25.3 Å². The summed E-state index contributed by atoms with van der Waals surface area (Å²) in [6.45, 7) is 0.399. The Morgan fingerprint density at radius 2 is 2.32 bits per heavy atom. The molecular weight excluding hydrogens is 247 g/mol. The number of amides is 1. The average Bonchev–Trinajstić information content (AvgIpc) is 2.46. The molecule has 1 aromatic rings. The van der Waals surface area contributed by atoms with E-state index in [0.717, 1.165) is 12.8 Å². The van der Waals surface area contributed by atoms with Crippen LogP contribution < -0.4 is 10.2 Å². The number of halogens is 1. The molecule has 2 rings (SSSR count). The van der Waals surface area contributed by atoms with Crippen molar-refractivity contribution in [3.05, 3.63) is 29.6 Å². The lowest BCUT2D eigenvalue weighted by Crippen LogP contribution is -2.49. The largest absolute Gasteiger partial charge is 0.392 e. The van der Waals surface area contributed by atoms with Gasteiger partial charge in [-0.2, -0.15) is 0 Å². The third kappa shape index (κ3) is 2.71. The highest BCUT2D eigenvalue weighted by atomic mass is 19.1. The molecule has 0 spiro atoms. The predicted molar refractivity (Wildman–Crippen MR) is 71.4 cm³/mol. The van der Waals surface area contributed by atoms with E-state index in [4.69, 9.17) is 0 Å². The summed E-state index contributed by atoms with van der Waals surface area (Å²) in [5, 5.41) is 12.0. The standard InChI is InChI=1S/C14H19FN2O2/c1-16-14(19)12-7-2-3-8-17(12)13-10(9-18)5-4-6-11(13)15/h4-6,12,18H,2-3,7-9H2,1H3,(H,16,19). The second-order valence-electron chi connectivity index (χ2n) is 4.72. The first-order valence-corrected chi connectivity index (χ1v) is 6.55. The highest BCUT2D eigenvalue weighted by Crippen LogP contribution is 2.30. The van der Waals surface area contributed by atoms with Crippen LogP contribution in [0, 0.1) is 5.82 Å². The molecule has 1 atom stereocenters. The van der Waals surface area contributed by atoms with Crippen LogP contribution in [0.15, 0.2) is 18.2 Å². The Bertz CT molecular complexity index is 465. The number of aliphatic hydroxyl groups excluding tert-OH is 1. The van der Waals surface area contributed by atoms with Gasteiger partial charge in [-0.3, -0.25) is 4.79 Å². The van der Waals surface area contributed by atoms with E-state index in [1.807, 2.05) is 0 Å². The number of anilines is 1. The van der Waals surface area contributed by atoms with Crippen molar-refractivity contribution in [1.82, 2.24) is 5.32 Å². The number of carbonyl (C=O) groups is 1. The van der Waals surface area contributed by atoms with Gasteiger partial charge in [0.2, 0.25) is 5.91 Å². The number of nitrogens with zero attached hydrogens (tertiary/aromatic N) is 1. The minimum Gasteiger partial charge on any atom is -0.392 e. The quantitative estimate of drug-likeness (QED) is 0.870. The molecule has 19 heavy (non-hydrogen) atoms. The Morgan fingerprint density at radius 1 is 1.53 bits per heavy atom. The maximum atomic E-state index is 14.1. The van der Waals surface area contributed by atoms with E-state index >= 15 is 0 Å². The SMILES string of the molecule is CNC(=O)C1CCCCN1c1c(F)cccc1CO. The molecule has 0 aliphatic carbocycles. The van der Waals surface area contributed by atoms with Crippen molar-refractivity contribution >= 4 is 11.6 Å². The van der Waals surface area contributed by atoms with Crippen LogP contribution in [0.1, 0.15) is 24.8 Å². The molecule has 5 heteroatoms. The molecule has 1 unspecified atom stereocenters. The topological polar surface area (TPSA) is 52.6 Å². The molecule has 2 N–H and O–H groups in total. The van der Waals surface area contributed by atoms with Crippen molar-refractivity contribution < 1.29 is 14.3 Å². The highest BCUT2D eigenvalue weighted by Gasteiger charge is 2.30. The molecule has 4 nitrogen and oxygen atoms in total. The van der Waals surface area contributed by atoms with Crippen LogP contribution in [0.25, 0.3) is 0 Å². The number of hydrogen-bond donors (Lipinski definition) is 2. The molecule has 104 valence electrons. The van der Waals surface area contributed by atoms with E-state index < -0.39 is 0 Å². The molecule has 1 aromatic carbocycles. The van der Waals surface area contributed by atoms with Gasteiger partial charge in [0.05, 0.1) is 12.3 Å². The summed E-state index contributed by atoms with van der Waals surface area (Å²) in [6, 6.07) is 4.27. The molecule has 1 amide bonds. The van der Waals surface area contributed by atoms with Crippen LogP contribution in [0.3, 0.4) is 0 Å². The van der Waals surface area contributed by atoms with Gasteiger partial charge in [0.1, 0.15) is 11.9 Å². The number of para-hydroxylation sites is 1. The Morgan fingerprint density at radius 3 is 3.00 bits per heavy atom. The van der Waals surface area contributed by atoms with Crippen LogP contribution in [0.4, 0.5) is 10.1 Å². The fraction of sp³-hybridized carbons (Fsp3) is 0.500. The zero-order valence-corrected chi connectivity index (χ0v) is 11.0. The monoisotopic (exact) mass is 266 g/mol. The van der Waals surface area contributed by atoms with Crippen LogP contribution in [-0.2, 0) is 11.4 Å². The van der Waals surface area contributed by atoms with E-state index in [9.17, 15) is 14.3 Å². The zero-order valence-electron chi connectivity index (χ0n) is 11.0. The Hall–Kier alpha value is -1.62. The van der Waals surface area contributed by atoms with Gasteiger partial charge >= 0.3 is 0 Å². The summed E-state index contributed by atoms with van der Waals surface area (Å²) in [6.07, 6.45) is 2.59. The number of hydrogen-bond acceptors (Lipinski definition) is 3. The van der Waals surface area contributed by atoms with Gasteiger partial charge in [0, 0.05) is 19.2 Å². The molecule has 1 fully saturated rings. The van der Waals surface area contributed by atoms with Crippen LogP contribution in [0.5, 0.6) is 0 Å². The van der Waals surface area contributed by atoms with Gasteiger partial charge in [0.15, 0.2) is 0 Å². The smallest absolute Gasteiger partial charge is 0.242 e. The maximum absolute atomic E-state index is 14.1. The van der Waals surface area contributed by atoms with Gasteiger partial charge in [-0.1, -0.05) is 12.1 Å². The van der Waals surface area contributed by atoms with Crippen molar-refractivity contribution in [2.75, 3.05) is 18.5 Å². The number of aliphatic hydroxyl groups is 1. The van der Waals surface area contributed by atoms with Crippen LogP contribution in [-0.4, -0.2) is 30.6 Å². The van der Waals surface area contributed by atoms with Crippen molar-refractivity contribution in [3.8, 4) is 0 Å². The van der Waals surface area contributed by atoms with Gasteiger partial charge in [-0.15, -0.1) is 0 Å². The number of nitrogens with one attached hydrogen (secondary N) is 1. The average molecular weight is 266 g/mol. The second kappa shape index (κ2) is 6.02. The molecule has 1 saturated heterocycles. The van der Waals surface area contributed by atoms with E-state index in [1.54, 1.807) is 24.1 Å². The summed E-state index contributed by atoms with van der Waals surface area (Å²) in [5.74, 6) is -0.491. The third-order valence-corrected chi connectivity index (χ3v) is 3.58. The lowest BCUT2D eigenvalue weighted by Gasteiger charge is -2.37. The van der Waals surface area contributed by atoms with Crippen molar-refractivity contribution in [3.63, 3.8) is 0 Å². The molecule has 0 bridgehead atoms. The van der Waals surface area contributed by atoms with Gasteiger partial charge in [-0.25, -0.2) is 4.39 Å². The van der Waals surface area contributed by atoms with E-state index in [-0.39, 0.29) is 24.4 Å². The van der Waals surface area contributed by atoms with Crippen molar-refractivity contribution in [2.24, 2.45) is 0 Å². The first-order chi connectivity index (χ1) is 9.19. The Kier molecular flexibility index (Phi) is 4.37. The Labute approximate surface area is 112 Å². The summed E-state index contributed by atoms with van der Waals surface area (Å²) < 4.78 is 14.1. The third-order valence-electron chi connectivity index (χ3n) is 3.58. The van der Waals surface area contributed by atoms with E-state index in [0.29, 0.717) is 24.2 Å². The molecule has 0 saturated carbocycles. The predicted octanol–water partition coefficient (Wildman–Crippen LogP) is 1.42. The molecular formula is C14H19FN2O2. The molecule has 1 aliphatic heterocycles. The highest BCUT2D eigenvalue weighted by molar-refractivity contribution is 5.85. The van der Waals surface area contributed by atoms with Crippen LogP contribution in [0.2, 0.25) is 0 Å². The summed E-state index contributed by atoms with van der Waals surface area (Å²) in [5.41, 5.74) is 0.883. The molecule has 0 radical (unpaired) electrons. The number of piperidine rings is 1. The van der Waals surface area contributed by atoms with Crippen molar-refractivity contribution in [2.45, 2.75) is 31.9 Å². The minimum atomic E-state index is -0.387. The zero-order chi connectivity index (χ0) is 13.8. The maximum Gasteiger partial charge on any atom is 0.242 e. The molecule has 0 aromatic heterocycles. The Balaban J connectivity index is 2.40. The lowest BCUT2D eigenvalue weighted by molar-refractivity contribution is -0.122. The fourth-order valence-electron chi connectivity index (χ4n) is 2.65. The number of benzene rings is 1. The summed E-state index contributed by atoms with van der Waals surface area (Å²) >= 11 is 0. The lowest BCUT2D eigenvalue weighted by atomic mass is 9.99. The first kappa shape index (κ1) is 13.8. The van der Waals surface area contributed by atoms with Gasteiger partial charge in [0.25, 0.3) is 0 Å². The van der Waals surface area contributed by atoms with Gasteiger partial charge < -0.3 is 15.3 Å². The normalized spacial score (nSPS) is 19.3. The number of likely N-dealkylation sites (N-methyl/N-ethyl adjacent to an activating group) is 1. The summed E-state index contributed by atoms with van der Waals surface area (Å²) in [4.78, 5) is 13.7. The second-order valence-corrected chi connectivity index (χ2v) is 4.72.